The van der Waals surface area contributed by atoms with E-state index in [0.29, 0.717) is 31.1 Å². The number of hydrogen-bond acceptors (Lipinski definition) is 4. The van der Waals surface area contributed by atoms with Crippen molar-refractivity contribution in [2.75, 3.05) is 7.11 Å². The summed E-state index contributed by atoms with van der Waals surface area (Å²) in [6.07, 6.45) is 3.71. The largest absolute Gasteiger partial charge is 0.380 e. The molecule has 32 heavy (non-hydrogen) atoms. The van der Waals surface area contributed by atoms with Crippen molar-refractivity contribution >= 4 is 17.5 Å². The zero-order valence-corrected chi connectivity index (χ0v) is 17.8. The van der Waals surface area contributed by atoms with E-state index in [-0.39, 0.29) is 11.3 Å². The first kappa shape index (κ1) is 22.1. The van der Waals surface area contributed by atoms with E-state index in [4.69, 9.17) is 15.5 Å². The number of ether oxygens (including phenoxy) is 1. The number of carbonyl (C=O) groups is 2. The van der Waals surface area contributed by atoms with Gasteiger partial charge in [0.25, 0.3) is 5.91 Å². The number of carbonyl (C=O) groups excluding carboxylic acids is 2. The number of nitrogens with two attached hydrogens (primary N) is 1. The molecular formula is C24H25F2N3O3. The summed E-state index contributed by atoms with van der Waals surface area (Å²) in [4.78, 5) is 32.4. The van der Waals surface area contributed by atoms with Gasteiger partial charge in [-0.3, -0.25) is 19.5 Å². The molecule has 1 atom stereocenters. The maximum absolute atomic E-state index is 14.0. The summed E-state index contributed by atoms with van der Waals surface area (Å²) < 4.78 is 33.1. The van der Waals surface area contributed by atoms with E-state index in [1.165, 1.54) is 4.90 Å². The van der Waals surface area contributed by atoms with Crippen LogP contribution in [0, 0.1) is 11.6 Å². The zero-order valence-electron chi connectivity index (χ0n) is 17.8. The summed E-state index contributed by atoms with van der Waals surface area (Å²) in [6.45, 7) is 0.436. The quantitative estimate of drug-likeness (QED) is 0.743. The molecule has 1 aliphatic carbocycles. The lowest BCUT2D eigenvalue weighted by molar-refractivity contribution is -0.141. The Bertz CT molecular complexity index is 1040. The summed E-state index contributed by atoms with van der Waals surface area (Å²) in [6, 6.07) is 8.72. The number of aliphatic imine (C=N–C) groups is 1. The van der Waals surface area contributed by atoms with Crippen molar-refractivity contribution in [3.8, 4) is 0 Å². The minimum atomic E-state index is -1.33. The molecule has 1 aliphatic heterocycles. The molecule has 2 amide bonds. The highest BCUT2D eigenvalue weighted by molar-refractivity contribution is 6.47. The monoisotopic (exact) mass is 441 g/mol. The van der Waals surface area contributed by atoms with Crippen LogP contribution in [0.3, 0.4) is 0 Å². The molecular weight excluding hydrogens is 416 g/mol. The molecule has 1 unspecified atom stereocenters. The molecule has 4 rings (SSSR count). The van der Waals surface area contributed by atoms with E-state index in [9.17, 15) is 18.4 Å². The van der Waals surface area contributed by atoms with Gasteiger partial charge in [-0.15, -0.1) is 0 Å². The molecule has 2 aliphatic rings. The number of amides is 2. The molecule has 2 N–H and O–H groups in total. The molecule has 8 heteroatoms. The molecule has 168 valence electrons. The van der Waals surface area contributed by atoms with Gasteiger partial charge in [-0.1, -0.05) is 30.7 Å². The molecule has 6 nitrogen and oxygen atoms in total. The third-order valence-electron chi connectivity index (χ3n) is 6.11. The molecule has 2 aromatic carbocycles. The Hall–Kier alpha value is -3.13. The average Bonchev–Trinajstić information content (AvgIpc) is 3.01. The number of benzene rings is 2. The summed E-state index contributed by atoms with van der Waals surface area (Å²) in [5.74, 6) is -3.02. The van der Waals surface area contributed by atoms with E-state index in [1.54, 1.807) is 19.2 Å². The fourth-order valence-corrected chi connectivity index (χ4v) is 4.73. The molecule has 0 bridgehead atoms. The van der Waals surface area contributed by atoms with E-state index in [0.717, 1.165) is 37.0 Å². The van der Waals surface area contributed by atoms with Crippen LogP contribution in [-0.4, -0.2) is 35.2 Å². The fraction of sp³-hybridized carbons (Fsp3) is 0.375. The third kappa shape index (κ3) is 4.02. The Kier molecular flexibility index (Phi) is 6.06. The lowest BCUT2D eigenvalue weighted by atomic mass is 9.86. The highest BCUT2D eigenvalue weighted by Crippen LogP contribution is 2.44. The number of nitrogens with zero attached hydrogens (tertiary/aromatic N) is 2. The van der Waals surface area contributed by atoms with Crippen molar-refractivity contribution in [1.82, 2.24) is 4.90 Å². The molecule has 0 saturated heterocycles. The number of halogens is 2. The number of rotatable bonds is 6. The van der Waals surface area contributed by atoms with Crippen LogP contribution >= 0.6 is 0 Å². The smallest absolute Gasteiger partial charge is 0.275 e. The van der Waals surface area contributed by atoms with Crippen molar-refractivity contribution in [2.24, 2.45) is 10.7 Å². The van der Waals surface area contributed by atoms with Gasteiger partial charge in [0.1, 0.15) is 29.1 Å². The van der Waals surface area contributed by atoms with E-state index < -0.39 is 35.2 Å². The Morgan fingerprint density at radius 3 is 2.31 bits per heavy atom. The van der Waals surface area contributed by atoms with Crippen LogP contribution in [-0.2, 0) is 20.9 Å². The van der Waals surface area contributed by atoms with Crippen molar-refractivity contribution in [1.29, 1.82) is 0 Å². The topological polar surface area (TPSA) is 85.0 Å². The van der Waals surface area contributed by atoms with E-state index >= 15 is 0 Å². The van der Waals surface area contributed by atoms with Gasteiger partial charge in [0.05, 0.1) is 6.61 Å². The molecule has 2 aromatic rings. The van der Waals surface area contributed by atoms with Gasteiger partial charge in [-0.2, -0.15) is 0 Å². The maximum Gasteiger partial charge on any atom is 0.275 e. The van der Waals surface area contributed by atoms with Crippen molar-refractivity contribution < 1.29 is 23.1 Å². The Morgan fingerprint density at radius 2 is 1.75 bits per heavy atom. The standard InChI is InChI=1S/C24H25F2N3O3/c1-32-14-15-5-7-16(8-6-15)20-23(31)29(24(28-20)9-3-2-4-10-24)21(22(27)30)17-11-18(25)13-19(26)12-17/h5-8,11-13,21H,2-4,9-10,14H2,1H3,(H2,27,30). The molecule has 1 fully saturated rings. The van der Waals surface area contributed by atoms with Crippen LogP contribution in [0.25, 0.3) is 0 Å². The second-order valence-corrected chi connectivity index (χ2v) is 8.32. The number of methoxy groups -OCH3 is 1. The summed E-state index contributed by atoms with van der Waals surface area (Å²) in [5.41, 5.74) is 6.49. The molecule has 0 aromatic heterocycles. The molecule has 1 heterocycles. The predicted molar refractivity (Wildman–Crippen MR) is 115 cm³/mol. The number of primary amides is 1. The molecule has 0 radical (unpaired) electrons. The first-order chi connectivity index (χ1) is 15.3. The predicted octanol–water partition coefficient (Wildman–Crippen LogP) is 3.63. The van der Waals surface area contributed by atoms with Gasteiger partial charge in [-0.05, 0) is 48.9 Å². The van der Waals surface area contributed by atoms with E-state index in [1.807, 2.05) is 12.1 Å². The van der Waals surface area contributed by atoms with Gasteiger partial charge in [0.2, 0.25) is 5.91 Å². The SMILES string of the molecule is COCc1ccc(C2=NC3(CCCCC3)N(C(C(N)=O)c3cc(F)cc(F)c3)C2=O)cc1. The summed E-state index contributed by atoms with van der Waals surface area (Å²) in [7, 11) is 1.60. The molecule has 1 saturated carbocycles. The Labute approximate surface area is 185 Å². The van der Waals surface area contributed by atoms with Crippen LogP contribution in [0.4, 0.5) is 8.78 Å². The average molecular weight is 441 g/mol. The number of hydrogen-bond donors (Lipinski definition) is 1. The van der Waals surface area contributed by atoms with Crippen LogP contribution in [0.15, 0.2) is 47.5 Å². The van der Waals surface area contributed by atoms with Crippen LogP contribution in [0.2, 0.25) is 0 Å². The normalized spacial score (nSPS) is 18.7. The Balaban J connectivity index is 1.79. The minimum absolute atomic E-state index is 0.000177. The van der Waals surface area contributed by atoms with E-state index in [2.05, 4.69) is 0 Å². The van der Waals surface area contributed by atoms with Crippen molar-refractivity contribution in [3.63, 3.8) is 0 Å². The first-order valence-electron chi connectivity index (χ1n) is 10.6. The lowest BCUT2D eigenvalue weighted by Gasteiger charge is -2.42. The van der Waals surface area contributed by atoms with Crippen molar-refractivity contribution in [2.45, 2.75) is 50.4 Å². The van der Waals surface area contributed by atoms with Gasteiger partial charge >= 0.3 is 0 Å². The first-order valence-corrected chi connectivity index (χ1v) is 10.6. The van der Waals surface area contributed by atoms with Crippen molar-refractivity contribution in [3.05, 3.63) is 70.8 Å². The summed E-state index contributed by atoms with van der Waals surface area (Å²) in [5, 5.41) is 0. The van der Waals surface area contributed by atoms with Gasteiger partial charge < -0.3 is 10.5 Å². The second kappa shape index (κ2) is 8.78. The maximum atomic E-state index is 14.0. The highest BCUT2D eigenvalue weighted by Gasteiger charge is 2.52. The van der Waals surface area contributed by atoms with Crippen LogP contribution < -0.4 is 5.73 Å². The zero-order chi connectivity index (χ0) is 22.9. The lowest BCUT2D eigenvalue weighted by Crippen LogP contribution is -2.53. The third-order valence-corrected chi connectivity index (χ3v) is 6.11. The summed E-state index contributed by atoms with van der Waals surface area (Å²) >= 11 is 0. The second-order valence-electron chi connectivity index (χ2n) is 8.32. The van der Waals surface area contributed by atoms with Crippen LogP contribution in [0.1, 0.15) is 54.8 Å². The Morgan fingerprint density at radius 1 is 1.12 bits per heavy atom. The fourth-order valence-electron chi connectivity index (χ4n) is 4.73. The van der Waals surface area contributed by atoms with Gasteiger partial charge in [-0.25, -0.2) is 8.78 Å². The molecule has 1 spiro atoms. The van der Waals surface area contributed by atoms with Gasteiger partial charge in [0, 0.05) is 18.7 Å². The van der Waals surface area contributed by atoms with Gasteiger partial charge in [0.15, 0.2) is 0 Å². The minimum Gasteiger partial charge on any atom is -0.380 e. The van der Waals surface area contributed by atoms with Crippen LogP contribution in [0.5, 0.6) is 0 Å². The highest BCUT2D eigenvalue weighted by atomic mass is 19.1.